The second-order valence-electron chi connectivity index (χ2n) is 8.23. The number of carbonyl (C=O) groups excluding carboxylic acids is 1. The Bertz CT molecular complexity index is 864. The van der Waals surface area contributed by atoms with Crippen LogP contribution in [0.3, 0.4) is 0 Å². The van der Waals surface area contributed by atoms with Crippen LogP contribution in [0, 0.1) is 11.8 Å². The number of carboxylic acid groups (broad SMARTS) is 1. The Balaban J connectivity index is 1.42. The van der Waals surface area contributed by atoms with Crippen molar-refractivity contribution >= 4 is 12.1 Å². The molecule has 0 spiro atoms. The Morgan fingerprint density at radius 3 is 2.34 bits per heavy atom. The average Bonchev–Trinajstić information content (AvgIpc) is 3.05. The van der Waals surface area contributed by atoms with E-state index in [4.69, 9.17) is 9.84 Å². The van der Waals surface area contributed by atoms with Crippen molar-refractivity contribution in [3.05, 3.63) is 59.7 Å². The van der Waals surface area contributed by atoms with Crippen LogP contribution in [-0.4, -0.2) is 41.8 Å². The van der Waals surface area contributed by atoms with E-state index in [1.165, 1.54) is 22.3 Å². The van der Waals surface area contributed by atoms with Crippen LogP contribution in [0.15, 0.2) is 48.5 Å². The zero-order chi connectivity index (χ0) is 20.4. The van der Waals surface area contributed by atoms with Crippen LogP contribution in [-0.2, 0) is 9.53 Å². The molecule has 2 atom stereocenters. The molecular weight excluding hydrogens is 366 g/mol. The van der Waals surface area contributed by atoms with E-state index in [1.54, 1.807) is 4.90 Å². The summed E-state index contributed by atoms with van der Waals surface area (Å²) in [5.74, 6) is -0.467. The number of likely N-dealkylation sites (tertiary alicyclic amines) is 1. The maximum Gasteiger partial charge on any atom is 0.409 e. The molecule has 1 fully saturated rings. The number of benzene rings is 2. The molecule has 0 bridgehead atoms. The minimum Gasteiger partial charge on any atom is -0.481 e. The molecule has 0 radical (unpaired) electrons. The first-order chi connectivity index (χ1) is 14.0. The summed E-state index contributed by atoms with van der Waals surface area (Å²) < 4.78 is 5.76. The molecule has 2 aromatic rings. The number of rotatable bonds is 5. The monoisotopic (exact) mass is 393 g/mol. The summed E-state index contributed by atoms with van der Waals surface area (Å²) in [7, 11) is 0. The summed E-state index contributed by atoms with van der Waals surface area (Å²) in [6, 6.07) is 16.6. The third-order valence-electron chi connectivity index (χ3n) is 6.35. The summed E-state index contributed by atoms with van der Waals surface area (Å²) in [4.78, 5) is 25.5. The van der Waals surface area contributed by atoms with Gasteiger partial charge >= 0.3 is 12.1 Å². The lowest BCUT2D eigenvalue weighted by Crippen LogP contribution is -2.42. The second kappa shape index (κ2) is 8.27. The van der Waals surface area contributed by atoms with E-state index >= 15 is 0 Å². The SMILES string of the molecule is CC(CC(=O)O)C1CCCN(C(=O)OCC2c3ccccc3-c3ccccc32)C1. The summed E-state index contributed by atoms with van der Waals surface area (Å²) in [5, 5.41) is 9.05. The van der Waals surface area contributed by atoms with Gasteiger partial charge in [-0.1, -0.05) is 55.5 Å². The molecule has 2 unspecified atom stereocenters. The molecule has 1 aliphatic heterocycles. The van der Waals surface area contributed by atoms with Crippen molar-refractivity contribution in [3.8, 4) is 11.1 Å². The minimum atomic E-state index is -0.782. The highest BCUT2D eigenvalue weighted by atomic mass is 16.6. The van der Waals surface area contributed by atoms with E-state index in [0.717, 1.165) is 12.8 Å². The maximum atomic E-state index is 12.8. The number of piperidine rings is 1. The van der Waals surface area contributed by atoms with Crippen LogP contribution >= 0.6 is 0 Å². The van der Waals surface area contributed by atoms with Crippen LogP contribution in [0.5, 0.6) is 0 Å². The van der Waals surface area contributed by atoms with Gasteiger partial charge in [0.25, 0.3) is 0 Å². The fourth-order valence-corrected chi connectivity index (χ4v) is 4.77. The van der Waals surface area contributed by atoms with E-state index in [-0.39, 0.29) is 30.3 Å². The highest BCUT2D eigenvalue weighted by Crippen LogP contribution is 2.44. The topological polar surface area (TPSA) is 66.8 Å². The molecule has 5 heteroatoms. The first-order valence-electron chi connectivity index (χ1n) is 10.4. The van der Waals surface area contributed by atoms with Gasteiger partial charge in [-0.25, -0.2) is 4.79 Å². The zero-order valence-electron chi connectivity index (χ0n) is 16.7. The van der Waals surface area contributed by atoms with E-state index < -0.39 is 5.97 Å². The Morgan fingerprint density at radius 1 is 1.10 bits per heavy atom. The quantitative estimate of drug-likeness (QED) is 0.795. The zero-order valence-corrected chi connectivity index (χ0v) is 16.7. The molecule has 0 aromatic heterocycles. The van der Waals surface area contributed by atoms with Crippen molar-refractivity contribution in [1.82, 2.24) is 4.90 Å². The van der Waals surface area contributed by atoms with Crippen LogP contribution in [0.25, 0.3) is 11.1 Å². The predicted molar refractivity (Wildman–Crippen MR) is 111 cm³/mol. The molecular formula is C24H27NO4. The molecule has 1 amide bonds. The van der Waals surface area contributed by atoms with Gasteiger partial charge in [-0.2, -0.15) is 0 Å². The van der Waals surface area contributed by atoms with Gasteiger partial charge in [0, 0.05) is 25.4 Å². The standard InChI is InChI=1S/C24H27NO4/c1-16(13-23(26)27)17-7-6-12-25(14-17)24(28)29-15-22-20-10-4-2-8-18(20)19-9-3-5-11-21(19)22/h2-5,8-11,16-17,22H,6-7,12-15H2,1H3,(H,26,27). The molecule has 2 aliphatic rings. The lowest BCUT2D eigenvalue weighted by Gasteiger charge is -2.35. The van der Waals surface area contributed by atoms with Gasteiger partial charge in [0.15, 0.2) is 0 Å². The van der Waals surface area contributed by atoms with Crippen LogP contribution in [0.2, 0.25) is 0 Å². The van der Waals surface area contributed by atoms with E-state index in [9.17, 15) is 9.59 Å². The molecule has 5 nitrogen and oxygen atoms in total. The molecule has 1 N–H and O–H groups in total. The molecule has 152 valence electrons. The molecule has 2 aromatic carbocycles. The van der Waals surface area contributed by atoms with Crippen molar-refractivity contribution in [2.75, 3.05) is 19.7 Å². The smallest absolute Gasteiger partial charge is 0.409 e. The lowest BCUT2D eigenvalue weighted by atomic mass is 9.85. The van der Waals surface area contributed by atoms with Crippen LogP contribution in [0.1, 0.15) is 43.2 Å². The minimum absolute atomic E-state index is 0.0525. The summed E-state index contributed by atoms with van der Waals surface area (Å²) in [6.45, 7) is 3.52. The Labute approximate surface area is 171 Å². The molecule has 29 heavy (non-hydrogen) atoms. The Kier molecular flexibility index (Phi) is 5.56. The van der Waals surface area contributed by atoms with Gasteiger partial charge < -0.3 is 14.7 Å². The predicted octanol–water partition coefficient (Wildman–Crippen LogP) is 4.76. The average molecular weight is 393 g/mol. The summed E-state index contributed by atoms with van der Waals surface area (Å²) in [5.41, 5.74) is 4.83. The van der Waals surface area contributed by atoms with E-state index in [2.05, 4.69) is 24.3 Å². The van der Waals surface area contributed by atoms with Crippen molar-refractivity contribution in [2.24, 2.45) is 11.8 Å². The number of hydrogen-bond acceptors (Lipinski definition) is 3. The molecule has 0 saturated carbocycles. The highest BCUT2D eigenvalue weighted by molar-refractivity contribution is 5.79. The molecule has 1 heterocycles. The number of hydrogen-bond donors (Lipinski definition) is 1. The first kappa shape index (κ1) is 19.5. The van der Waals surface area contributed by atoms with Crippen molar-refractivity contribution < 1.29 is 19.4 Å². The largest absolute Gasteiger partial charge is 0.481 e. The number of ether oxygens (including phenoxy) is 1. The van der Waals surface area contributed by atoms with Gasteiger partial charge in [0.05, 0.1) is 0 Å². The number of fused-ring (bicyclic) bond motifs is 3. The van der Waals surface area contributed by atoms with Crippen LogP contribution in [0.4, 0.5) is 4.79 Å². The number of nitrogens with zero attached hydrogens (tertiary/aromatic N) is 1. The normalized spacial score (nSPS) is 19.3. The van der Waals surface area contributed by atoms with Gasteiger partial charge in [-0.05, 0) is 46.9 Å². The summed E-state index contributed by atoms with van der Waals surface area (Å²) >= 11 is 0. The molecule has 1 aliphatic carbocycles. The Hall–Kier alpha value is -2.82. The number of amides is 1. The first-order valence-corrected chi connectivity index (χ1v) is 10.4. The van der Waals surface area contributed by atoms with Crippen molar-refractivity contribution in [3.63, 3.8) is 0 Å². The van der Waals surface area contributed by atoms with Crippen molar-refractivity contribution in [2.45, 2.75) is 32.1 Å². The van der Waals surface area contributed by atoms with Gasteiger partial charge in [-0.3, -0.25) is 4.79 Å². The second-order valence-corrected chi connectivity index (χ2v) is 8.23. The third kappa shape index (κ3) is 4.00. The fraction of sp³-hybridized carbons (Fsp3) is 0.417. The highest BCUT2D eigenvalue weighted by Gasteiger charge is 2.32. The lowest BCUT2D eigenvalue weighted by molar-refractivity contribution is -0.138. The van der Waals surface area contributed by atoms with E-state index in [1.807, 2.05) is 31.2 Å². The fourth-order valence-electron chi connectivity index (χ4n) is 4.77. The summed E-state index contributed by atoms with van der Waals surface area (Å²) in [6.07, 6.45) is 1.70. The number of carboxylic acids is 1. The molecule has 1 saturated heterocycles. The van der Waals surface area contributed by atoms with E-state index in [0.29, 0.717) is 19.7 Å². The Morgan fingerprint density at radius 2 is 1.72 bits per heavy atom. The number of carbonyl (C=O) groups is 2. The van der Waals surface area contributed by atoms with Crippen molar-refractivity contribution in [1.29, 1.82) is 0 Å². The maximum absolute atomic E-state index is 12.8. The van der Waals surface area contributed by atoms with Crippen LogP contribution < -0.4 is 0 Å². The molecule has 4 rings (SSSR count). The van der Waals surface area contributed by atoms with Gasteiger partial charge in [0.2, 0.25) is 0 Å². The van der Waals surface area contributed by atoms with Gasteiger partial charge in [-0.15, -0.1) is 0 Å². The number of aliphatic carboxylic acids is 1. The third-order valence-corrected chi connectivity index (χ3v) is 6.35. The van der Waals surface area contributed by atoms with Gasteiger partial charge in [0.1, 0.15) is 6.61 Å².